The number of hydrogen-bond donors (Lipinski definition) is 2. The number of rotatable bonds is 5. The normalized spacial score (nSPS) is 20.6. The van der Waals surface area contributed by atoms with Crippen LogP contribution in [0, 0.1) is 13.8 Å². The van der Waals surface area contributed by atoms with E-state index < -0.39 is 5.60 Å². The van der Waals surface area contributed by atoms with Gasteiger partial charge in [-0.05, 0) is 43.0 Å². The number of likely N-dealkylation sites (tertiary alicyclic amines) is 1. The van der Waals surface area contributed by atoms with Crippen LogP contribution in [0.15, 0.2) is 48.5 Å². The second-order valence-electron chi connectivity index (χ2n) is 6.97. The van der Waals surface area contributed by atoms with Gasteiger partial charge in [0, 0.05) is 31.7 Å². The molecule has 1 unspecified atom stereocenters. The number of aryl methyl sites for hydroxylation is 1. The fourth-order valence-electron chi connectivity index (χ4n) is 3.40. The van der Waals surface area contributed by atoms with E-state index in [1.807, 2.05) is 62.4 Å². The first-order valence-corrected chi connectivity index (χ1v) is 8.84. The SMILES string of the molecule is Cc1cccc(NC(=O)CCN2CCC(O)(c3ccccc3)C2)c1C. The van der Waals surface area contributed by atoms with Crippen LogP contribution in [-0.2, 0) is 10.4 Å². The highest BCUT2D eigenvalue weighted by molar-refractivity contribution is 5.91. The molecule has 2 N–H and O–H groups in total. The highest BCUT2D eigenvalue weighted by Gasteiger charge is 2.37. The van der Waals surface area contributed by atoms with Gasteiger partial charge in [-0.15, -0.1) is 0 Å². The maximum Gasteiger partial charge on any atom is 0.225 e. The number of amides is 1. The zero-order valence-electron chi connectivity index (χ0n) is 15.0. The van der Waals surface area contributed by atoms with Crippen LogP contribution in [0.1, 0.15) is 29.5 Å². The van der Waals surface area contributed by atoms with E-state index in [4.69, 9.17) is 0 Å². The van der Waals surface area contributed by atoms with Gasteiger partial charge in [0.15, 0.2) is 0 Å². The van der Waals surface area contributed by atoms with E-state index in [-0.39, 0.29) is 5.91 Å². The summed E-state index contributed by atoms with van der Waals surface area (Å²) in [6.45, 7) is 6.10. The van der Waals surface area contributed by atoms with Crippen molar-refractivity contribution >= 4 is 11.6 Å². The molecule has 3 rings (SSSR count). The van der Waals surface area contributed by atoms with Gasteiger partial charge in [-0.2, -0.15) is 0 Å². The van der Waals surface area contributed by atoms with E-state index in [1.54, 1.807) is 0 Å². The van der Waals surface area contributed by atoms with Crippen molar-refractivity contribution in [2.45, 2.75) is 32.3 Å². The fraction of sp³-hybridized carbons (Fsp3) is 0.381. The van der Waals surface area contributed by atoms with Crippen molar-refractivity contribution in [3.8, 4) is 0 Å². The molecular weight excluding hydrogens is 312 g/mol. The highest BCUT2D eigenvalue weighted by atomic mass is 16.3. The molecule has 0 bridgehead atoms. The van der Waals surface area contributed by atoms with Crippen LogP contribution in [0.3, 0.4) is 0 Å². The minimum Gasteiger partial charge on any atom is -0.384 e. The molecule has 0 aliphatic carbocycles. The number of benzene rings is 2. The Labute approximate surface area is 149 Å². The van der Waals surface area contributed by atoms with Crippen molar-refractivity contribution in [2.24, 2.45) is 0 Å². The van der Waals surface area contributed by atoms with Gasteiger partial charge >= 0.3 is 0 Å². The topological polar surface area (TPSA) is 52.6 Å². The number of carbonyl (C=O) groups excluding carboxylic acids is 1. The van der Waals surface area contributed by atoms with Gasteiger partial charge in [-0.3, -0.25) is 9.69 Å². The zero-order valence-corrected chi connectivity index (χ0v) is 15.0. The molecule has 1 atom stereocenters. The van der Waals surface area contributed by atoms with Crippen LogP contribution in [-0.4, -0.2) is 35.5 Å². The molecule has 1 aliphatic heterocycles. The molecule has 1 fully saturated rings. The standard InChI is InChI=1S/C21H26N2O2/c1-16-7-6-10-19(17(16)2)22-20(24)11-13-23-14-12-21(25,15-23)18-8-4-3-5-9-18/h3-10,25H,11-15H2,1-2H3,(H,22,24). The predicted octanol–water partition coefficient (Wildman–Crippen LogP) is 3.23. The molecule has 25 heavy (non-hydrogen) atoms. The smallest absolute Gasteiger partial charge is 0.225 e. The lowest BCUT2D eigenvalue weighted by atomic mass is 9.93. The van der Waals surface area contributed by atoms with E-state index in [0.29, 0.717) is 25.9 Å². The molecule has 1 heterocycles. The summed E-state index contributed by atoms with van der Waals surface area (Å²) in [6, 6.07) is 15.7. The maximum atomic E-state index is 12.3. The summed E-state index contributed by atoms with van der Waals surface area (Å²) >= 11 is 0. The first-order valence-electron chi connectivity index (χ1n) is 8.84. The van der Waals surface area contributed by atoms with E-state index in [9.17, 15) is 9.90 Å². The molecule has 2 aromatic carbocycles. The molecule has 1 amide bonds. The van der Waals surface area contributed by atoms with Gasteiger partial charge < -0.3 is 10.4 Å². The Morgan fingerprint density at radius 1 is 1.16 bits per heavy atom. The molecule has 2 aromatic rings. The van der Waals surface area contributed by atoms with Gasteiger partial charge in [0.25, 0.3) is 0 Å². The largest absolute Gasteiger partial charge is 0.384 e. The van der Waals surface area contributed by atoms with Gasteiger partial charge in [0.1, 0.15) is 5.60 Å². The summed E-state index contributed by atoms with van der Waals surface area (Å²) in [5, 5.41) is 13.9. The maximum absolute atomic E-state index is 12.3. The fourth-order valence-corrected chi connectivity index (χ4v) is 3.40. The molecule has 4 heteroatoms. The van der Waals surface area contributed by atoms with E-state index in [0.717, 1.165) is 23.4 Å². The third-order valence-corrected chi connectivity index (χ3v) is 5.17. The first kappa shape index (κ1) is 17.6. The second kappa shape index (κ2) is 7.38. The molecule has 0 saturated carbocycles. The van der Waals surface area contributed by atoms with Crippen molar-refractivity contribution in [2.75, 3.05) is 25.0 Å². The zero-order chi connectivity index (χ0) is 17.9. The second-order valence-corrected chi connectivity index (χ2v) is 6.97. The summed E-state index contributed by atoms with van der Waals surface area (Å²) in [4.78, 5) is 14.4. The lowest BCUT2D eigenvalue weighted by Crippen LogP contribution is -2.32. The van der Waals surface area contributed by atoms with Crippen molar-refractivity contribution in [3.05, 3.63) is 65.2 Å². The summed E-state index contributed by atoms with van der Waals surface area (Å²) in [5.41, 5.74) is 3.32. The van der Waals surface area contributed by atoms with Gasteiger partial charge in [-0.1, -0.05) is 42.5 Å². The highest BCUT2D eigenvalue weighted by Crippen LogP contribution is 2.31. The van der Waals surface area contributed by atoms with E-state index >= 15 is 0 Å². The summed E-state index contributed by atoms with van der Waals surface area (Å²) in [7, 11) is 0. The van der Waals surface area contributed by atoms with Crippen molar-refractivity contribution in [3.63, 3.8) is 0 Å². The minimum absolute atomic E-state index is 0.0175. The predicted molar refractivity (Wildman–Crippen MR) is 101 cm³/mol. The van der Waals surface area contributed by atoms with Gasteiger partial charge in [-0.25, -0.2) is 0 Å². The van der Waals surface area contributed by atoms with Gasteiger partial charge in [0.05, 0.1) is 0 Å². The van der Waals surface area contributed by atoms with Crippen LogP contribution >= 0.6 is 0 Å². The Morgan fingerprint density at radius 3 is 2.68 bits per heavy atom. The Morgan fingerprint density at radius 2 is 1.92 bits per heavy atom. The van der Waals surface area contributed by atoms with Gasteiger partial charge in [0.2, 0.25) is 5.91 Å². The Kier molecular flexibility index (Phi) is 5.21. The number of β-amino-alcohol motifs (C(OH)–C–C–N with tert-alkyl or cyclic N) is 1. The van der Waals surface area contributed by atoms with Crippen molar-refractivity contribution in [1.29, 1.82) is 0 Å². The number of carbonyl (C=O) groups is 1. The van der Waals surface area contributed by atoms with Crippen LogP contribution in [0.2, 0.25) is 0 Å². The number of anilines is 1. The number of nitrogens with one attached hydrogen (secondary N) is 1. The van der Waals surface area contributed by atoms with E-state index in [1.165, 1.54) is 5.56 Å². The molecule has 132 valence electrons. The number of aliphatic hydroxyl groups is 1. The molecule has 0 radical (unpaired) electrons. The average Bonchev–Trinajstić information content (AvgIpc) is 3.01. The first-order chi connectivity index (χ1) is 12.0. The molecule has 1 aliphatic rings. The summed E-state index contributed by atoms with van der Waals surface area (Å²) in [5.74, 6) is 0.0175. The van der Waals surface area contributed by atoms with Crippen LogP contribution < -0.4 is 5.32 Å². The van der Waals surface area contributed by atoms with Crippen molar-refractivity contribution in [1.82, 2.24) is 4.90 Å². The summed E-state index contributed by atoms with van der Waals surface area (Å²) in [6.07, 6.45) is 1.13. The lowest BCUT2D eigenvalue weighted by Gasteiger charge is -2.24. The average molecular weight is 338 g/mol. The third-order valence-electron chi connectivity index (χ3n) is 5.17. The molecular formula is C21H26N2O2. The molecule has 4 nitrogen and oxygen atoms in total. The number of nitrogens with zero attached hydrogens (tertiary/aromatic N) is 1. The van der Waals surface area contributed by atoms with Crippen LogP contribution in [0.5, 0.6) is 0 Å². The number of hydrogen-bond acceptors (Lipinski definition) is 3. The Hall–Kier alpha value is -2.17. The monoisotopic (exact) mass is 338 g/mol. The quantitative estimate of drug-likeness (QED) is 0.880. The van der Waals surface area contributed by atoms with E-state index in [2.05, 4.69) is 10.2 Å². The third kappa shape index (κ3) is 4.09. The van der Waals surface area contributed by atoms with Crippen molar-refractivity contribution < 1.29 is 9.90 Å². The van der Waals surface area contributed by atoms with Crippen LogP contribution in [0.25, 0.3) is 0 Å². The molecule has 0 aromatic heterocycles. The lowest BCUT2D eigenvalue weighted by molar-refractivity contribution is -0.116. The summed E-state index contributed by atoms with van der Waals surface area (Å²) < 4.78 is 0. The molecule has 1 saturated heterocycles. The Bertz CT molecular complexity index is 745. The minimum atomic E-state index is -0.801. The van der Waals surface area contributed by atoms with Crippen LogP contribution in [0.4, 0.5) is 5.69 Å². The Balaban J connectivity index is 1.53. The molecule has 0 spiro atoms.